The van der Waals surface area contributed by atoms with Gasteiger partial charge in [-0.2, -0.15) is 0 Å². The van der Waals surface area contributed by atoms with E-state index in [0.717, 1.165) is 14.2 Å². The molecule has 1 aromatic carbocycles. The second-order valence-electron chi connectivity index (χ2n) is 1.80. The fraction of sp³-hybridized carbons (Fsp3) is 0.143. The summed E-state index contributed by atoms with van der Waals surface area (Å²) in [4.78, 5) is 0. The Morgan fingerprint density at radius 1 is 1.22 bits per heavy atom. The Balaban J connectivity index is 2.61. The molecule has 0 unspecified atom stereocenters. The highest BCUT2D eigenvalue weighted by atomic mass is 79.9. The zero-order chi connectivity index (χ0) is 6.53. The third kappa shape index (κ3) is 2.33. The standard InChI is InChI=1S/C7H7BrSi/c8-9-6-7-4-2-1-3-5-7/h1-5H,6H2. The summed E-state index contributed by atoms with van der Waals surface area (Å²) >= 11 is 3.41. The summed E-state index contributed by atoms with van der Waals surface area (Å²) in [7, 11) is 0.848. The van der Waals surface area contributed by atoms with Crippen molar-refractivity contribution >= 4 is 23.4 Å². The smallest absolute Gasteiger partial charge is 0.131 e. The summed E-state index contributed by atoms with van der Waals surface area (Å²) in [6, 6.07) is 11.6. The maximum Gasteiger partial charge on any atom is 0.142 e. The van der Waals surface area contributed by atoms with Crippen molar-refractivity contribution < 1.29 is 0 Å². The van der Waals surface area contributed by atoms with Gasteiger partial charge in [-0.1, -0.05) is 35.9 Å². The molecule has 0 saturated carbocycles. The summed E-state index contributed by atoms with van der Waals surface area (Å²) in [6.45, 7) is 0. The molecule has 0 heterocycles. The van der Waals surface area contributed by atoms with Crippen LogP contribution in [0.1, 0.15) is 5.56 Å². The van der Waals surface area contributed by atoms with Gasteiger partial charge in [0.05, 0.1) is 0 Å². The maximum atomic E-state index is 3.41. The molecule has 0 N–H and O–H groups in total. The lowest BCUT2D eigenvalue weighted by atomic mass is 10.2. The molecule has 0 atom stereocenters. The predicted octanol–water partition coefficient (Wildman–Crippen LogP) is 2.20. The van der Waals surface area contributed by atoms with Crippen LogP contribution in [0.15, 0.2) is 30.3 Å². The third-order valence-electron chi connectivity index (χ3n) is 1.11. The summed E-state index contributed by atoms with van der Waals surface area (Å²) in [6.07, 6.45) is 0. The summed E-state index contributed by atoms with van der Waals surface area (Å²) in [5.41, 5.74) is 1.41. The molecule has 1 aromatic rings. The van der Waals surface area contributed by atoms with E-state index in [4.69, 9.17) is 0 Å². The van der Waals surface area contributed by atoms with Gasteiger partial charge in [0.1, 0.15) is 8.14 Å². The second kappa shape index (κ2) is 3.85. The molecule has 0 aliphatic carbocycles. The Labute approximate surface area is 65.7 Å². The highest BCUT2D eigenvalue weighted by molar-refractivity contribution is 9.23. The number of benzene rings is 1. The minimum atomic E-state index is 0.848. The van der Waals surface area contributed by atoms with Gasteiger partial charge in [0.15, 0.2) is 0 Å². The van der Waals surface area contributed by atoms with Gasteiger partial charge in [0.25, 0.3) is 0 Å². The van der Waals surface area contributed by atoms with Crippen LogP contribution in [0.3, 0.4) is 0 Å². The largest absolute Gasteiger partial charge is 0.142 e. The highest BCUT2D eigenvalue weighted by Crippen LogP contribution is 1.98. The van der Waals surface area contributed by atoms with E-state index in [1.807, 2.05) is 6.07 Å². The molecule has 0 bridgehead atoms. The van der Waals surface area contributed by atoms with E-state index in [1.54, 1.807) is 0 Å². The zero-order valence-electron chi connectivity index (χ0n) is 4.97. The first kappa shape index (κ1) is 7.03. The van der Waals surface area contributed by atoms with Crippen LogP contribution >= 0.6 is 15.3 Å². The van der Waals surface area contributed by atoms with Crippen LogP contribution in [-0.2, 0) is 6.04 Å². The van der Waals surface area contributed by atoms with Crippen LogP contribution in [0.25, 0.3) is 0 Å². The van der Waals surface area contributed by atoms with Crippen molar-refractivity contribution in [2.24, 2.45) is 0 Å². The topological polar surface area (TPSA) is 0 Å². The third-order valence-corrected chi connectivity index (χ3v) is 2.50. The molecule has 0 spiro atoms. The van der Waals surface area contributed by atoms with Crippen LogP contribution in [0, 0.1) is 0 Å². The Morgan fingerprint density at radius 3 is 2.44 bits per heavy atom. The van der Waals surface area contributed by atoms with E-state index in [0.29, 0.717) is 0 Å². The molecule has 2 radical (unpaired) electrons. The fourth-order valence-corrected chi connectivity index (χ4v) is 2.03. The first-order valence-corrected chi connectivity index (χ1v) is 6.27. The van der Waals surface area contributed by atoms with Gasteiger partial charge < -0.3 is 0 Å². The maximum absolute atomic E-state index is 3.41. The van der Waals surface area contributed by atoms with E-state index in [9.17, 15) is 0 Å². The van der Waals surface area contributed by atoms with Gasteiger partial charge in [-0.25, -0.2) is 0 Å². The molecule has 0 aliphatic rings. The Morgan fingerprint density at radius 2 is 1.89 bits per heavy atom. The first-order chi connectivity index (χ1) is 4.43. The van der Waals surface area contributed by atoms with E-state index in [2.05, 4.69) is 39.6 Å². The van der Waals surface area contributed by atoms with E-state index in [-0.39, 0.29) is 0 Å². The van der Waals surface area contributed by atoms with Crippen molar-refractivity contribution in [3.63, 3.8) is 0 Å². The molecule has 2 heteroatoms. The van der Waals surface area contributed by atoms with E-state index >= 15 is 0 Å². The average Bonchev–Trinajstić information content (AvgIpc) is 1.91. The van der Waals surface area contributed by atoms with Crippen LogP contribution < -0.4 is 0 Å². The number of hydrogen-bond acceptors (Lipinski definition) is 0. The summed E-state index contributed by atoms with van der Waals surface area (Å²) < 4.78 is 0. The van der Waals surface area contributed by atoms with Crippen molar-refractivity contribution in [3.05, 3.63) is 35.9 Å². The summed E-state index contributed by atoms with van der Waals surface area (Å²) in [5, 5.41) is 0. The molecule has 9 heavy (non-hydrogen) atoms. The molecular weight excluding hydrogens is 192 g/mol. The molecule has 0 nitrogen and oxygen atoms in total. The molecule has 0 aliphatic heterocycles. The molecular formula is C7H7BrSi. The lowest BCUT2D eigenvalue weighted by molar-refractivity contribution is 1.40. The van der Waals surface area contributed by atoms with Crippen molar-refractivity contribution in [1.29, 1.82) is 0 Å². The second-order valence-corrected chi connectivity index (χ2v) is 4.10. The number of hydrogen-bond donors (Lipinski definition) is 0. The van der Waals surface area contributed by atoms with Gasteiger partial charge in [0.2, 0.25) is 0 Å². The zero-order valence-corrected chi connectivity index (χ0v) is 7.56. The van der Waals surface area contributed by atoms with E-state index in [1.165, 1.54) is 5.56 Å². The average molecular weight is 199 g/mol. The molecule has 0 amide bonds. The van der Waals surface area contributed by atoms with Crippen LogP contribution in [0.4, 0.5) is 0 Å². The molecule has 1 rings (SSSR count). The molecule has 0 fully saturated rings. The number of halogens is 1. The van der Waals surface area contributed by atoms with Gasteiger partial charge in [-0.05, 0) is 6.04 Å². The van der Waals surface area contributed by atoms with Crippen molar-refractivity contribution in [3.8, 4) is 0 Å². The highest BCUT2D eigenvalue weighted by Gasteiger charge is 1.86. The van der Waals surface area contributed by atoms with Crippen LogP contribution in [0.5, 0.6) is 0 Å². The Bertz CT molecular complexity index is 162. The van der Waals surface area contributed by atoms with Crippen molar-refractivity contribution in [2.75, 3.05) is 0 Å². The normalized spacial score (nSPS) is 9.44. The molecule has 0 aromatic heterocycles. The monoisotopic (exact) mass is 198 g/mol. The minimum absolute atomic E-state index is 0.848. The summed E-state index contributed by atoms with van der Waals surface area (Å²) in [5.74, 6) is 0. The molecule has 46 valence electrons. The molecule has 0 saturated heterocycles. The fourth-order valence-electron chi connectivity index (χ4n) is 0.673. The van der Waals surface area contributed by atoms with Crippen molar-refractivity contribution in [2.45, 2.75) is 6.04 Å². The predicted molar refractivity (Wildman–Crippen MR) is 44.8 cm³/mol. The van der Waals surface area contributed by atoms with Crippen LogP contribution in [0.2, 0.25) is 0 Å². The quantitative estimate of drug-likeness (QED) is 0.506. The van der Waals surface area contributed by atoms with Gasteiger partial charge in [0, 0.05) is 0 Å². The lowest BCUT2D eigenvalue weighted by Crippen LogP contribution is -1.85. The lowest BCUT2D eigenvalue weighted by Gasteiger charge is -1.92. The Kier molecular flexibility index (Phi) is 3.01. The first-order valence-electron chi connectivity index (χ1n) is 2.81. The van der Waals surface area contributed by atoms with E-state index < -0.39 is 0 Å². The Hall–Kier alpha value is -0.0831. The van der Waals surface area contributed by atoms with Gasteiger partial charge in [-0.15, -0.1) is 15.3 Å². The number of rotatable bonds is 2. The SMILES string of the molecule is Br[Si]Cc1ccccc1. The van der Waals surface area contributed by atoms with Crippen LogP contribution in [-0.4, -0.2) is 8.14 Å². The minimum Gasteiger partial charge on any atom is -0.131 e. The van der Waals surface area contributed by atoms with Gasteiger partial charge in [-0.3, -0.25) is 0 Å². The van der Waals surface area contributed by atoms with Gasteiger partial charge >= 0.3 is 0 Å². The van der Waals surface area contributed by atoms with Crippen molar-refractivity contribution in [1.82, 2.24) is 0 Å².